The van der Waals surface area contributed by atoms with Crippen LogP contribution < -0.4 is 9.64 Å². The van der Waals surface area contributed by atoms with E-state index in [4.69, 9.17) is 14.6 Å². The average Bonchev–Trinajstić information content (AvgIpc) is 2.38. The van der Waals surface area contributed by atoms with Crippen LogP contribution in [-0.4, -0.2) is 44.5 Å². The molecule has 1 aliphatic rings. The molecule has 2 rings (SSSR count). The van der Waals surface area contributed by atoms with Gasteiger partial charge in [0.25, 0.3) is 0 Å². The predicted molar refractivity (Wildman–Crippen MR) is 67.6 cm³/mol. The summed E-state index contributed by atoms with van der Waals surface area (Å²) in [5, 5.41) is 9.12. The van der Waals surface area contributed by atoms with Crippen LogP contribution in [0.2, 0.25) is 0 Å². The van der Waals surface area contributed by atoms with Gasteiger partial charge in [-0.05, 0) is 18.6 Å². The molecule has 18 heavy (non-hydrogen) atoms. The molecule has 5 nitrogen and oxygen atoms in total. The molecule has 0 saturated heterocycles. The van der Waals surface area contributed by atoms with Crippen molar-refractivity contribution >= 4 is 11.7 Å². The third kappa shape index (κ3) is 2.56. The lowest BCUT2D eigenvalue weighted by atomic mass is 10.1. The molecule has 0 atom stereocenters. The quantitative estimate of drug-likeness (QED) is 0.806. The molecular weight excluding hydrogens is 234 g/mol. The summed E-state index contributed by atoms with van der Waals surface area (Å²) in [4.78, 5) is 13.3. The highest BCUT2D eigenvalue weighted by atomic mass is 16.5. The molecule has 0 aliphatic carbocycles. The first kappa shape index (κ1) is 12.7. The number of benzene rings is 1. The molecule has 1 aliphatic heterocycles. The van der Waals surface area contributed by atoms with E-state index in [1.54, 1.807) is 19.2 Å². The van der Waals surface area contributed by atoms with E-state index < -0.39 is 5.97 Å². The second-order valence-electron chi connectivity index (χ2n) is 4.14. The molecule has 1 aromatic rings. The number of para-hydroxylation sites is 1. The number of anilines is 1. The zero-order valence-electron chi connectivity index (χ0n) is 10.4. The lowest BCUT2D eigenvalue weighted by molar-refractivity contribution is 0.0692. The van der Waals surface area contributed by atoms with Crippen molar-refractivity contribution in [2.45, 2.75) is 6.42 Å². The molecule has 1 heterocycles. The van der Waals surface area contributed by atoms with Gasteiger partial charge in [-0.15, -0.1) is 0 Å². The number of hydrogen-bond donors (Lipinski definition) is 1. The van der Waals surface area contributed by atoms with Gasteiger partial charge in [-0.25, -0.2) is 4.79 Å². The third-order valence-corrected chi connectivity index (χ3v) is 2.95. The van der Waals surface area contributed by atoms with Crippen LogP contribution in [-0.2, 0) is 4.74 Å². The molecule has 0 aromatic heterocycles. The summed E-state index contributed by atoms with van der Waals surface area (Å²) in [6.07, 6.45) is 0.910. The molecule has 0 amide bonds. The van der Waals surface area contributed by atoms with Crippen molar-refractivity contribution in [3.63, 3.8) is 0 Å². The van der Waals surface area contributed by atoms with E-state index >= 15 is 0 Å². The van der Waals surface area contributed by atoms with E-state index in [0.717, 1.165) is 25.2 Å². The molecule has 98 valence electrons. The van der Waals surface area contributed by atoms with Crippen LogP contribution in [0.4, 0.5) is 5.69 Å². The number of carbonyl (C=O) groups is 1. The van der Waals surface area contributed by atoms with Crippen LogP contribution in [0.5, 0.6) is 5.75 Å². The highest BCUT2D eigenvalue weighted by Crippen LogP contribution is 2.34. The van der Waals surface area contributed by atoms with Gasteiger partial charge in [0.1, 0.15) is 12.2 Å². The molecule has 0 unspecified atom stereocenters. The lowest BCUT2D eigenvalue weighted by Gasteiger charge is -2.31. The predicted octanol–water partition coefficient (Wildman–Crippen LogP) is 1.62. The Balaban J connectivity index is 2.21. The molecule has 0 spiro atoms. The van der Waals surface area contributed by atoms with Crippen LogP contribution in [0.15, 0.2) is 18.2 Å². The SMILES string of the molecule is COCCCN1CCOc2c(C(=O)O)cccc21. The fourth-order valence-corrected chi connectivity index (χ4v) is 2.10. The van der Waals surface area contributed by atoms with Gasteiger partial charge in [0.05, 0.1) is 12.2 Å². The maximum Gasteiger partial charge on any atom is 0.339 e. The number of aromatic carboxylic acids is 1. The summed E-state index contributed by atoms with van der Waals surface area (Å²) in [5.41, 5.74) is 1.08. The Hall–Kier alpha value is -1.75. The Morgan fingerprint density at radius 3 is 3.11 bits per heavy atom. The zero-order chi connectivity index (χ0) is 13.0. The second kappa shape index (κ2) is 5.73. The molecule has 1 aromatic carbocycles. The van der Waals surface area contributed by atoms with Crippen molar-refractivity contribution in [3.05, 3.63) is 23.8 Å². The van der Waals surface area contributed by atoms with Crippen LogP contribution >= 0.6 is 0 Å². The normalized spacial score (nSPS) is 13.9. The molecule has 0 saturated carbocycles. The Labute approximate surface area is 106 Å². The highest BCUT2D eigenvalue weighted by Gasteiger charge is 2.23. The average molecular weight is 251 g/mol. The molecule has 0 radical (unpaired) electrons. The largest absolute Gasteiger partial charge is 0.489 e. The van der Waals surface area contributed by atoms with Gasteiger partial charge in [0, 0.05) is 20.3 Å². The lowest BCUT2D eigenvalue weighted by Crippen LogP contribution is -2.34. The Morgan fingerprint density at radius 2 is 2.39 bits per heavy atom. The van der Waals surface area contributed by atoms with E-state index in [2.05, 4.69) is 4.90 Å². The topological polar surface area (TPSA) is 59.0 Å². The van der Waals surface area contributed by atoms with Gasteiger partial charge >= 0.3 is 5.97 Å². The second-order valence-corrected chi connectivity index (χ2v) is 4.14. The number of ether oxygens (including phenoxy) is 2. The van der Waals surface area contributed by atoms with Crippen molar-refractivity contribution in [2.24, 2.45) is 0 Å². The molecule has 1 N–H and O–H groups in total. The number of carboxylic acid groups (broad SMARTS) is 1. The van der Waals surface area contributed by atoms with Crippen LogP contribution in [0, 0.1) is 0 Å². The maximum absolute atomic E-state index is 11.1. The maximum atomic E-state index is 11.1. The van der Waals surface area contributed by atoms with Gasteiger partial charge in [-0.2, -0.15) is 0 Å². The number of methoxy groups -OCH3 is 1. The monoisotopic (exact) mass is 251 g/mol. The zero-order valence-corrected chi connectivity index (χ0v) is 10.4. The van der Waals surface area contributed by atoms with E-state index in [9.17, 15) is 4.79 Å². The summed E-state index contributed by atoms with van der Waals surface area (Å²) in [5.74, 6) is -0.473. The minimum absolute atomic E-state index is 0.226. The molecule has 5 heteroatoms. The minimum Gasteiger partial charge on any atom is -0.489 e. The standard InChI is InChI=1S/C13H17NO4/c1-17-8-3-6-14-7-9-18-12-10(13(15)16)4-2-5-11(12)14/h2,4-5H,3,6-9H2,1H3,(H,15,16). The van der Waals surface area contributed by atoms with Gasteiger partial charge in [0.2, 0.25) is 0 Å². The van der Waals surface area contributed by atoms with Gasteiger partial charge in [0.15, 0.2) is 5.75 Å². The van der Waals surface area contributed by atoms with Crippen molar-refractivity contribution in [1.82, 2.24) is 0 Å². The Bertz CT molecular complexity index is 433. The summed E-state index contributed by atoms with van der Waals surface area (Å²) < 4.78 is 10.5. The first-order valence-corrected chi connectivity index (χ1v) is 5.97. The molecule has 0 fully saturated rings. The van der Waals surface area contributed by atoms with Crippen molar-refractivity contribution < 1.29 is 19.4 Å². The van der Waals surface area contributed by atoms with Crippen molar-refractivity contribution in [3.8, 4) is 5.75 Å². The fraction of sp³-hybridized carbons (Fsp3) is 0.462. The van der Waals surface area contributed by atoms with E-state index in [1.807, 2.05) is 6.07 Å². The smallest absolute Gasteiger partial charge is 0.339 e. The van der Waals surface area contributed by atoms with Crippen LogP contribution in [0.1, 0.15) is 16.8 Å². The van der Waals surface area contributed by atoms with Gasteiger partial charge in [-0.1, -0.05) is 6.07 Å². The van der Waals surface area contributed by atoms with E-state index in [0.29, 0.717) is 19.0 Å². The highest BCUT2D eigenvalue weighted by molar-refractivity contribution is 5.93. The van der Waals surface area contributed by atoms with Crippen LogP contribution in [0.3, 0.4) is 0 Å². The van der Waals surface area contributed by atoms with Gasteiger partial charge in [-0.3, -0.25) is 0 Å². The third-order valence-electron chi connectivity index (χ3n) is 2.95. The van der Waals surface area contributed by atoms with Crippen LogP contribution in [0.25, 0.3) is 0 Å². The molecule has 0 bridgehead atoms. The number of nitrogens with zero attached hydrogens (tertiary/aromatic N) is 1. The summed E-state index contributed by atoms with van der Waals surface area (Å²) in [6.45, 7) is 2.84. The van der Waals surface area contributed by atoms with E-state index in [1.165, 1.54) is 0 Å². The number of hydrogen-bond acceptors (Lipinski definition) is 4. The van der Waals surface area contributed by atoms with Gasteiger partial charge < -0.3 is 19.5 Å². The summed E-state index contributed by atoms with van der Waals surface area (Å²) >= 11 is 0. The summed E-state index contributed by atoms with van der Waals surface area (Å²) in [6, 6.07) is 5.22. The Morgan fingerprint density at radius 1 is 1.56 bits per heavy atom. The first-order valence-electron chi connectivity index (χ1n) is 5.97. The minimum atomic E-state index is -0.953. The van der Waals surface area contributed by atoms with E-state index in [-0.39, 0.29) is 5.56 Å². The number of fused-ring (bicyclic) bond motifs is 1. The van der Waals surface area contributed by atoms with Crippen molar-refractivity contribution in [1.29, 1.82) is 0 Å². The number of carboxylic acids is 1. The first-order chi connectivity index (χ1) is 8.74. The number of rotatable bonds is 5. The molecular formula is C13H17NO4. The fourth-order valence-electron chi connectivity index (χ4n) is 2.10. The Kier molecular flexibility index (Phi) is 4.04. The van der Waals surface area contributed by atoms with Crippen molar-refractivity contribution in [2.75, 3.05) is 38.3 Å². The summed E-state index contributed by atoms with van der Waals surface area (Å²) in [7, 11) is 1.68.